The van der Waals surface area contributed by atoms with Gasteiger partial charge in [0.25, 0.3) is 0 Å². The van der Waals surface area contributed by atoms with E-state index in [-0.39, 0.29) is 35.7 Å². The Labute approximate surface area is 230 Å². The zero-order valence-electron chi connectivity index (χ0n) is 22.4. The molecule has 0 radical (unpaired) electrons. The van der Waals surface area contributed by atoms with Crippen LogP contribution in [0.4, 0.5) is 0 Å². The minimum Gasteiger partial charge on any atom is -0.486 e. The minimum atomic E-state index is -0.470. The number of amides is 2. The summed E-state index contributed by atoms with van der Waals surface area (Å²) in [4.78, 5) is 35.1. The molecular weight excluding hydrogens is 502 g/mol. The summed E-state index contributed by atoms with van der Waals surface area (Å²) < 4.78 is 6.05. The van der Waals surface area contributed by atoms with Gasteiger partial charge in [0.05, 0.1) is 23.0 Å². The fourth-order valence-electron chi connectivity index (χ4n) is 4.75. The van der Waals surface area contributed by atoms with Gasteiger partial charge in [-0.25, -0.2) is 4.99 Å². The Hall–Kier alpha value is -3.57. The van der Waals surface area contributed by atoms with Crippen LogP contribution in [0, 0.1) is 24.7 Å². The van der Waals surface area contributed by atoms with E-state index in [1.807, 2.05) is 58.0 Å². The first kappa shape index (κ1) is 29.0. The van der Waals surface area contributed by atoms with Crippen LogP contribution in [0.5, 0.6) is 5.75 Å². The second kappa shape index (κ2) is 11.9. The number of fused-ring (bicyclic) bond motifs is 1. The maximum Gasteiger partial charge on any atom is 0.231 e. The largest absolute Gasteiger partial charge is 0.486 e. The molecule has 2 amide bonds. The second-order valence-electron chi connectivity index (χ2n) is 10.9. The number of pyridine rings is 1. The molecule has 38 heavy (non-hydrogen) atoms. The number of nitrogens with zero attached hydrogens (tertiary/aromatic N) is 3. The third-order valence-electron chi connectivity index (χ3n) is 6.58. The van der Waals surface area contributed by atoms with E-state index in [1.54, 1.807) is 18.5 Å². The van der Waals surface area contributed by atoms with E-state index in [1.165, 1.54) is 4.90 Å². The van der Waals surface area contributed by atoms with E-state index < -0.39 is 11.1 Å². The Kier molecular flexibility index (Phi) is 9.05. The number of nitrogens with one attached hydrogen (secondary N) is 1. The monoisotopic (exact) mass is 537 g/mol. The van der Waals surface area contributed by atoms with Gasteiger partial charge < -0.3 is 15.8 Å². The van der Waals surface area contributed by atoms with Crippen molar-refractivity contribution in [2.24, 2.45) is 22.6 Å². The van der Waals surface area contributed by atoms with Gasteiger partial charge in [-0.3, -0.25) is 19.5 Å². The Balaban J connectivity index is 0.000000434. The number of rotatable bonds is 4. The Morgan fingerprint density at radius 3 is 2.45 bits per heavy atom. The van der Waals surface area contributed by atoms with Crippen LogP contribution in [0.15, 0.2) is 53.8 Å². The molecule has 3 aliphatic rings. The molecule has 1 aliphatic carbocycles. The number of halogens is 1. The number of hydrogen-bond acceptors (Lipinski definition) is 6. The Morgan fingerprint density at radius 1 is 1.18 bits per heavy atom. The second-order valence-corrected chi connectivity index (χ2v) is 11.3. The zero-order chi connectivity index (χ0) is 28.1. The first-order valence-corrected chi connectivity index (χ1v) is 13.0. The number of carbonyl (C=O) groups is 2. The van der Waals surface area contributed by atoms with Crippen LogP contribution in [0.1, 0.15) is 58.6 Å². The Morgan fingerprint density at radius 2 is 1.87 bits per heavy atom. The van der Waals surface area contributed by atoms with Crippen molar-refractivity contribution in [1.29, 1.82) is 0 Å². The van der Waals surface area contributed by atoms with Crippen LogP contribution in [0.25, 0.3) is 0 Å². The van der Waals surface area contributed by atoms with E-state index in [4.69, 9.17) is 22.1 Å². The summed E-state index contributed by atoms with van der Waals surface area (Å²) in [6, 6.07) is 11.2. The average molecular weight is 538 g/mol. The molecule has 202 valence electrons. The number of nitrogens with two attached hydrogens (primary N) is 1. The summed E-state index contributed by atoms with van der Waals surface area (Å²) in [5.74, 6) is 0.808. The number of carbonyl (C=O) groups excluding carboxylic acids is 2. The molecule has 2 unspecified atom stereocenters. The molecule has 3 atom stereocenters. The first-order chi connectivity index (χ1) is 18.0. The maximum atomic E-state index is 12.9. The van der Waals surface area contributed by atoms with Crippen molar-refractivity contribution in [2.75, 3.05) is 6.54 Å². The van der Waals surface area contributed by atoms with Crippen molar-refractivity contribution in [3.05, 3.63) is 59.4 Å². The van der Waals surface area contributed by atoms with E-state index >= 15 is 0 Å². The highest BCUT2D eigenvalue weighted by molar-refractivity contribution is 6.32. The fourth-order valence-corrected chi connectivity index (χ4v) is 4.97. The standard InChI is InChI=1S/C22H29ClN4O3.C5H5N.C2H2/c1-21(2)10-17(28)27(20(24)26-21)11-12-8-14(12)19(29)25-16-9-22(3,4)30-18-13(16)6-5-7-15(18)23;1-2-4-6-5-3-1;1-2/h5-7,12,14,16H,8-11H2,1-4H3,(H2,24,26)(H,25,29);1-5H;1-2H/t12-,14?,16?;;/m1../s1. The van der Waals surface area contributed by atoms with Gasteiger partial charge in [-0.1, -0.05) is 29.8 Å². The van der Waals surface area contributed by atoms with Gasteiger partial charge in [0.15, 0.2) is 5.96 Å². The number of aliphatic imine (C=N–C) groups is 1. The van der Waals surface area contributed by atoms with E-state index in [2.05, 4.69) is 28.1 Å². The fraction of sp³-hybridized carbons (Fsp3) is 0.448. The van der Waals surface area contributed by atoms with Gasteiger partial charge in [0.1, 0.15) is 11.4 Å². The minimum absolute atomic E-state index is 0.00563. The van der Waals surface area contributed by atoms with Crippen molar-refractivity contribution in [2.45, 2.75) is 64.1 Å². The normalized spacial score (nSPS) is 24.1. The van der Waals surface area contributed by atoms with Crippen LogP contribution in [-0.4, -0.2) is 45.3 Å². The summed E-state index contributed by atoms with van der Waals surface area (Å²) in [6.45, 7) is 8.20. The topological polar surface area (TPSA) is 110 Å². The summed E-state index contributed by atoms with van der Waals surface area (Å²) in [7, 11) is 0. The molecule has 5 rings (SSSR count). The molecule has 1 saturated carbocycles. The van der Waals surface area contributed by atoms with Crippen molar-refractivity contribution < 1.29 is 14.3 Å². The van der Waals surface area contributed by atoms with Crippen molar-refractivity contribution in [3.63, 3.8) is 0 Å². The lowest BCUT2D eigenvalue weighted by molar-refractivity contribution is -0.130. The number of para-hydroxylation sites is 1. The van der Waals surface area contributed by atoms with Crippen LogP contribution >= 0.6 is 11.6 Å². The third-order valence-corrected chi connectivity index (χ3v) is 6.88. The van der Waals surface area contributed by atoms with Crippen molar-refractivity contribution in [1.82, 2.24) is 15.2 Å². The molecule has 0 spiro atoms. The molecule has 1 aromatic carbocycles. The van der Waals surface area contributed by atoms with Gasteiger partial charge >= 0.3 is 0 Å². The molecule has 1 aromatic heterocycles. The van der Waals surface area contributed by atoms with Crippen LogP contribution in [0.3, 0.4) is 0 Å². The Bertz CT molecular complexity index is 1170. The van der Waals surface area contributed by atoms with E-state index in [0.717, 1.165) is 12.0 Å². The molecule has 3 heterocycles. The number of aromatic nitrogens is 1. The smallest absolute Gasteiger partial charge is 0.231 e. The van der Waals surface area contributed by atoms with Gasteiger partial charge in [0, 0.05) is 36.8 Å². The van der Waals surface area contributed by atoms with E-state index in [0.29, 0.717) is 30.2 Å². The molecule has 8 nitrogen and oxygen atoms in total. The number of ether oxygens (including phenoxy) is 1. The molecule has 2 aliphatic heterocycles. The lowest BCUT2D eigenvalue weighted by Crippen LogP contribution is -2.50. The van der Waals surface area contributed by atoms with E-state index in [9.17, 15) is 9.59 Å². The highest BCUT2D eigenvalue weighted by Gasteiger charge is 2.47. The van der Waals surface area contributed by atoms with Gasteiger partial charge in [-0.15, -0.1) is 12.8 Å². The van der Waals surface area contributed by atoms with Crippen molar-refractivity contribution >= 4 is 29.4 Å². The van der Waals surface area contributed by atoms with Crippen LogP contribution < -0.4 is 15.8 Å². The number of guanidine groups is 1. The molecule has 0 bridgehead atoms. The van der Waals surface area contributed by atoms with Crippen LogP contribution in [-0.2, 0) is 9.59 Å². The SMILES string of the molecule is C#C.CC1(C)CC(=O)N(C[C@H]2CC2C(=O)NC2CC(C)(C)Oc3c(Cl)cccc32)C(N)=N1.c1ccncc1. The maximum absolute atomic E-state index is 12.9. The van der Waals surface area contributed by atoms with Gasteiger partial charge in [0.2, 0.25) is 11.8 Å². The van der Waals surface area contributed by atoms with Crippen LogP contribution in [0.2, 0.25) is 5.02 Å². The number of benzene rings is 1. The molecular formula is C29H36ClN5O3. The summed E-state index contributed by atoms with van der Waals surface area (Å²) in [5.41, 5.74) is 6.01. The van der Waals surface area contributed by atoms with Gasteiger partial charge in [-0.2, -0.15) is 0 Å². The quantitative estimate of drug-likeness (QED) is 0.563. The molecule has 1 fully saturated rings. The predicted octanol–water partition coefficient (Wildman–Crippen LogP) is 4.35. The molecule has 9 heteroatoms. The average Bonchev–Trinajstić information content (AvgIpc) is 3.64. The zero-order valence-corrected chi connectivity index (χ0v) is 23.1. The summed E-state index contributed by atoms with van der Waals surface area (Å²) >= 11 is 6.33. The number of hydrogen-bond donors (Lipinski definition) is 2. The summed E-state index contributed by atoms with van der Waals surface area (Å²) in [6.07, 6.45) is 13.2. The lowest BCUT2D eigenvalue weighted by atomic mass is 9.89. The highest BCUT2D eigenvalue weighted by Crippen LogP contribution is 2.45. The third kappa shape index (κ3) is 7.26. The highest BCUT2D eigenvalue weighted by atomic mass is 35.5. The predicted molar refractivity (Wildman–Crippen MR) is 149 cm³/mol. The number of terminal acetylenes is 1. The molecule has 0 saturated heterocycles. The van der Waals surface area contributed by atoms with Gasteiger partial charge in [-0.05, 0) is 58.2 Å². The summed E-state index contributed by atoms with van der Waals surface area (Å²) in [5, 5.41) is 3.73. The molecule has 3 N–H and O–H groups in total. The lowest BCUT2D eigenvalue weighted by Gasteiger charge is -2.38. The van der Waals surface area contributed by atoms with Crippen molar-refractivity contribution in [3.8, 4) is 18.6 Å². The molecule has 2 aromatic rings. The first-order valence-electron chi connectivity index (χ1n) is 12.6.